The molecule has 0 amide bonds. The fraction of sp³-hybridized carbons (Fsp3) is 0.538. The summed E-state index contributed by atoms with van der Waals surface area (Å²) in [7, 11) is 2.00. The van der Waals surface area contributed by atoms with Crippen molar-refractivity contribution >= 4 is 11.6 Å². The van der Waals surface area contributed by atoms with Crippen molar-refractivity contribution in [2.24, 2.45) is 0 Å². The molecule has 0 bridgehead atoms. The lowest BCUT2D eigenvalue weighted by atomic mass is 10.0. The van der Waals surface area contributed by atoms with Gasteiger partial charge in [-0.1, -0.05) is 12.1 Å². The van der Waals surface area contributed by atoms with Crippen molar-refractivity contribution in [3.63, 3.8) is 0 Å². The predicted molar refractivity (Wildman–Crippen MR) is 128 cm³/mol. The lowest BCUT2D eigenvalue weighted by molar-refractivity contribution is -0.145. The minimum Gasteiger partial charge on any atom is -0.474 e. The molecule has 36 heavy (non-hydrogen) atoms. The van der Waals surface area contributed by atoms with Crippen molar-refractivity contribution in [3.8, 4) is 11.9 Å². The normalized spacial score (nSPS) is 19.3. The Kier molecular flexibility index (Phi) is 8.09. The van der Waals surface area contributed by atoms with E-state index in [1.165, 1.54) is 6.07 Å². The second-order valence-electron chi connectivity index (χ2n) is 9.49. The molecule has 0 N–H and O–H groups in total. The lowest BCUT2D eigenvalue weighted by Gasteiger charge is -2.30. The quantitative estimate of drug-likeness (QED) is 0.530. The van der Waals surface area contributed by atoms with Gasteiger partial charge in [0.15, 0.2) is 5.78 Å². The number of ketones is 1. The summed E-state index contributed by atoms with van der Waals surface area (Å²) in [5, 5.41) is 8.91. The Morgan fingerprint density at radius 3 is 2.53 bits per heavy atom. The van der Waals surface area contributed by atoms with E-state index < -0.39 is 18.0 Å². The van der Waals surface area contributed by atoms with Gasteiger partial charge in [0.25, 0.3) is 0 Å². The highest BCUT2D eigenvalue weighted by Gasteiger charge is 2.38. The fourth-order valence-electron chi connectivity index (χ4n) is 4.78. The van der Waals surface area contributed by atoms with Crippen molar-refractivity contribution in [2.75, 3.05) is 31.6 Å². The van der Waals surface area contributed by atoms with Crippen LogP contribution in [0.3, 0.4) is 0 Å². The van der Waals surface area contributed by atoms with E-state index >= 15 is 0 Å². The molecule has 4 rings (SSSR count). The second-order valence-corrected chi connectivity index (χ2v) is 9.49. The minimum atomic E-state index is -4.72. The van der Waals surface area contributed by atoms with Gasteiger partial charge >= 0.3 is 6.18 Å². The van der Waals surface area contributed by atoms with E-state index in [0.717, 1.165) is 18.7 Å². The van der Waals surface area contributed by atoms with Crippen molar-refractivity contribution in [3.05, 3.63) is 47.3 Å². The molecule has 192 valence electrons. The lowest BCUT2D eigenvalue weighted by Crippen LogP contribution is -2.37. The van der Waals surface area contributed by atoms with Crippen LogP contribution in [0.15, 0.2) is 30.3 Å². The molecule has 2 fully saturated rings. The number of likely N-dealkylation sites (tertiary alicyclic amines) is 1. The summed E-state index contributed by atoms with van der Waals surface area (Å²) < 4.78 is 46.7. The summed E-state index contributed by atoms with van der Waals surface area (Å²) in [6.45, 7) is 2.06. The van der Waals surface area contributed by atoms with E-state index in [9.17, 15) is 18.0 Å². The number of halogens is 3. The van der Waals surface area contributed by atoms with Gasteiger partial charge in [0.05, 0.1) is 17.7 Å². The Morgan fingerprint density at radius 2 is 1.86 bits per heavy atom. The van der Waals surface area contributed by atoms with Gasteiger partial charge in [-0.05, 0) is 63.3 Å². The number of nitriles is 1. The number of rotatable bonds is 8. The van der Waals surface area contributed by atoms with Crippen LogP contribution in [-0.2, 0) is 17.4 Å². The Hall–Kier alpha value is -3.19. The van der Waals surface area contributed by atoms with Crippen molar-refractivity contribution in [1.82, 2.24) is 14.9 Å². The molecule has 0 aliphatic carbocycles. The Morgan fingerprint density at radius 1 is 1.14 bits per heavy atom. The highest BCUT2D eigenvalue weighted by atomic mass is 19.4. The highest BCUT2D eigenvalue weighted by molar-refractivity contribution is 5.87. The first-order valence-corrected chi connectivity index (χ1v) is 12.3. The van der Waals surface area contributed by atoms with Gasteiger partial charge in [-0.3, -0.25) is 4.79 Å². The molecule has 3 heterocycles. The number of nitrogens with zero attached hydrogens (tertiary/aromatic N) is 5. The number of carbonyl (C=O) groups excluding carboxylic acids is 1. The third-order valence-electron chi connectivity index (χ3n) is 6.79. The van der Waals surface area contributed by atoms with Gasteiger partial charge in [0, 0.05) is 32.1 Å². The number of Topliss-reactive ketones (excluding diaryl/α,β-unsaturated/α-hetero) is 1. The molecule has 10 heteroatoms. The third kappa shape index (κ3) is 6.52. The number of hydrogen-bond donors (Lipinski definition) is 0. The maximum absolute atomic E-state index is 13.6. The maximum atomic E-state index is 13.6. The zero-order valence-corrected chi connectivity index (χ0v) is 20.3. The molecule has 2 saturated heterocycles. The summed E-state index contributed by atoms with van der Waals surface area (Å²) in [6.07, 6.45) is -0.611. The SMILES string of the molecule is CN1CCC(Oc2cc(N3CCC[C@H]3C(=O)CCCc3ccc(C#N)cc3)nc(C(F)(F)F)n2)CC1. The number of hydrogen-bond acceptors (Lipinski definition) is 7. The number of alkyl halides is 3. The summed E-state index contributed by atoms with van der Waals surface area (Å²) in [4.78, 5) is 24.3. The molecule has 2 aliphatic heterocycles. The Labute approximate surface area is 208 Å². The fourth-order valence-corrected chi connectivity index (χ4v) is 4.78. The molecule has 1 atom stereocenters. The average Bonchev–Trinajstić information content (AvgIpc) is 3.35. The predicted octanol–water partition coefficient (Wildman–Crippen LogP) is 4.40. The first-order valence-electron chi connectivity index (χ1n) is 12.3. The van der Waals surface area contributed by atoms with Crippen molar-refractivity contribution in [1.29, 1.82) is 5.26 Å². The van der Waals surface area contributed by atoms with Crippen LogP contribution in [0, 0.1) is 11.3 Å². The van der Waals surface area contributed by atoms with Crippen LogP contribution >= 0.6 is 0 Å². The van der Waals surface area contributed by atoms with Gasteiger partial charge in [-0.2, -0.15) is 23.4 Å². The molecule has 1 aromatic heterocycles. The molecule has 0 unspecified atom stereocenters. The number of carbonyl (C=O) groups is 1. The summed E-state index contributed by atoms with van der Waals surface area (Å²) >= 11 is 0. The van der Waals surface area contributed by atoms with Crippen LogP contribution in [0.5, 0.6) is 5.88 Å². The molecular weight excluding hydrogens is 471 g/mol. The maximum Gasteiger partial charge on any atom is 0.451 e. The first kappa shape index (κ1) is 25.9. The largest absolute Gasteiger partial charge is 0.474 e. The molecule has 2 aliphatic rings. The Bertz CT molecular complexity index is 1090. The summed E-state index contributed by atoms with van der Waals surface area (Å²) in [5.74, 6) is -1.27. The smallest absolute Gasteiger partial charge is 0.451 e. The van der Waals surface area contributed by atoms with E-state index in [1.54, 1.807) is 17.0 Å². The van der Waals surface area contributed by atoms with Gasteiger partial charge in [-0.15, -0.1) is 0 Å². The number of aryl methyl sites for hydroxylation is 1. The Balaban J connectivity index is 1.45. The van der Waals surface area contributed by atoms with Crippen molar-refractivity contribution < 1.29 is 22.7 Å². The van der Waals surface area contributed by atoms with Gasteiger partial charge in [-0.25, -0.2) is 4.98 Å². The van der Waals surface area contributed by atoms with Crippen LogP contribution < -0.4 is 9.64 Å². The van der Waals surface area contributed by atoms with Gasteiger partial charge in [0.1, 0.15) is 11.9 Å². The molecule has 2 aromatic rings. The number of piperidine rings is 1. The monoisotopic (exact) mass is 501 g/mol. The van der Waals surface area contributed by atoms with E-state index in [0.29, 0.717) is 57.1 Å². The molecule has 0 radical (unpaired) electrons. The summed E-state index contributed by atoms with van der Waals surface area (Å²) in [5.41, 5.74) is 1.62. The summed E-state index contributed by atoms with van der Waals surface area (Å²) in [6, 6.07) is 10.2. The second kappa shape index (κ2) is 11.2. The molecule has 7 nitrogen and oxygen atoms in total. The molecular formula is C26H30F3N5O2. The van der Waals surface area contributed by atoms with E-state index in [-0.39, 0.29) is 23.6 Å². The average molecular weight is 502 g/mol. The van der Waals surface area contributed by atoms with E-state index in [2.05, 4.69) is 20.9 Å². The zero-order valence-electron chi connectivity index (χ0n) is 20.3. The number of benzene rings is 1. The van der Waals surface area contributed by atoms with Crippen LogP contribution in [0.2, 0.25) is 0 Å². The number of aromatic nitrogens is 2. The topological polar surface area (TPSA) is 82.4 Å². The van der Waals surface area contributed by atoms with E-state index in [4.69, 9.17) is 10.00 Å². The van der Waals surface area contributed by atoms with Gasteiger partial charge < -0.3 is 14.5 Å². The van der Waals surface area contributed by atoms with Crippen LogP contribution in [0.1, 0.15) is 55.5 Å². The first-order chi connectivity index (χ1) is 17.2. The van der Waals surface area contributed by atoms with Gasteiger partial charge in [0.2, 0.25) is 11.7 Å². The van der Waals surface area contributed by atoms with Crippen LogP contribution in [0.4, 0.5) is 19.0 Å². The van der Waals surface area contributed by atoms with Crippen LogP contribution in [0.25, 0.3) is 0 Å². The highest BCUT2D eigenvalue weighted by Crippen LogP contribution is 2.33. The number of ether oxygens (including phenoxy) is 1. The minimum absolute atomic E-state index is 0.00824. The van der Waals surface area contributed by atoms with E-state index in [1.807, 2.05) is 19.2 Å². The molecule has 1 aromatic carbocycles. The van der Waals surface area contributed by atoms with Crippen molar-refractivity contribution in [2.45, 2.75) is 63.3 Å². The molecule has 0 saturated carbocycles. The third-order valence-corrected chi connectivity index (χ3v) is 6.79. The zero-order chi connectivity index (χ0) is 25.7. The number of anilines is 1. The van der Waals surface area contributed by atoms with Crippen LogP contribution in [-0.4, -0.2) is 59.5 Å². The molecule has 0 spiro atoms. The standard InChI is InChI=1S/C26H30F3N5O2/c1-33-14-11-20(12-15-33)36-24-16-23(31-25(32-24)26(27,28)29)34-13-3-5-21(34)22(35)6-2-4-18-7-9-19(17-30)10-8-18/h7-10,16,20-21H,2-6,11-15H2,1H3/t21-/m0/s1.